The highest BCUT2D eigenvalue weighted by Gasteiger charge is 2.44. The van der Waals surface area contributed by atoms with Crippen molar-refractivity contribution in [2.75, 3.05) is 18.0 Å². The Hall–Kier alpha value is -3.17. The number of benzene rings is 2. The lowest BCUT2D eigenvalue weighted by atomic mass is 9.81. The second-order valence-electron chi connectivity index (χ2n) is 14.7. The fourth-order valence-corrected chi connectivity index (χ4v) is 8.11. The monoisotopic (exact) mass is 651 g/mol. The molecule has 0 atom stereocenters. The molecule has 0 radical (unpaired) electrons. The number of anilines is 1. The topological polar surface area (TPSA) is 23.3 Å². The molecule has 0 amide bonds. The van der Waals surface area contributed by atoms with E-state index in [2.05, 4.69) is 117 Å². The molecule has 2 heterocycles. The number of allylic oxidation sites excluding steroid dienone is 8. The molecular weight excluding hydrogens is 596 g/mol. The minimum atomic E-state index is -0.0969. The molecule has 5 rings (SSSR count). The number of fused-ring (bicyclic) bond motifs is 2. The summed E-state index contributed by atoms with van der Waals surface area (Å²) in [6.45, 7) is 15.6. The first-order valence-electron chi connectivity index (χ1n) is 18.2. The van der Waals surface area contributed by atoms with Gasteiger partial charge in [-0.3, -0.25) is 4.79 Å². The van der Waals surface area contributed by atoms with Gasteiger partial charge in [-0.1, -0.05) is 101 Å². The van der Waals surface area contributed by atoms with Crippen LogP contribution >= 0.6 is 11.6 Å². The van der Waals surface area contributed by atoms with Crippen molar-refractivity contribution in [3.63, 3.8) is 0 Å². The van der Waals surface area contributed by atoms with Gasteiger partial charge in [0.05, 0.1) is 5.41 Å². The number of hydrogen-bond donors (Lipinski definition) is 0. The van der Waals surface area contributed by atoms with Crippen LogP contribution in [-0.2, 0) is 15.6 Å². The van der Waals surface area contributed by atoms with E-state index in [0.29, 0.717) is 18.6 Å². The Balaban J connectivity index is 1.41. The standard InChI is InChI=1S/C43H56ClN2O/c1-7-9-16-30-45-37-24-14-12-22-35(37)42(3,4)39(45)28-26-32-19-18-20-33(41(32)44)27-29-40-43(5,6)36-23-13-15-25-38(36)46(40)31-17-10-11-21-34(47)8-2/h12-15,22-29H,7-11,16-21,30-31H2,1-6H3/q+1. The number of hydrogen-bond acceptors (Lipinski definition) is 2. The summed E-state index contributed by atoms with van der Waals surface area (Å²) >= 11 is 7.24. The molecule has 0 spiro atoms. The van der Waals surface area contributed by atoms with Gasteiger partial charge < -0.3 is 4.90 Å². The molecule has 47 heavy (non-hydrogen) atoms. The molecule has 0 fully saturated rings. The zero-order valence-corrected chi connectivity index (χ0v) is 30.6. The first kappa shape index (κ1) is 35.1. The second-order valence-corrected chi connectivity index (χ2v) is 15.0. The van der Waals surface area contributed by atoms with Gasteiger partial charge in [0.1, 0.15) is 12.3 Å². The number of unbranched alkanes of at least 4 members (excludes halogenated alkanes) is 4. The van der Waals surface area contributed by atoms with E-state index in [4.69, 9.17) is 11.6 Å². The predicted octanol–water partition coefficient (Wildman–Crippen LogP) is 11.6. The molecule has 3 aliphatic rings. The molecule has 2 aliphatic heterocycles. The fourth-order valence-electron chi connectivity index (χ4n) is 7.80. The molecule has 0 saturated carbocycles. The molecule has 4 heteroatoms. The average Bonchev–Trinajstić information content (AvgIpc) is 3.42. The minimum Gasteiger partial charge on any atom is -0.344 e. The molecule has 250 valence electrons. The summed E-state index contributed by atoms with van der Waals surface area (Å²) in [5, 5.41) is 0.913. The highest BCUT2D eigenvalue weighted by molar-refractivity contribution is 6.32. The van der Waals surface area contributed by atoms with Gasteiger partial charge in [-0.25, -0.2) is 0 Å². The summed E-state index contributed by atoms with van der Waals surface area (Å²) in [6.07, 6.45) is 20.5. The molecule has 0 unspecified atom stereocenters. The van der Waals surface area contributed by atoms with Gasteiger partial charge in [0.15, 0.2) is 5.71 Å². The van der Waals surface area contributed by atoms with Crippen molar-refractivity contribution in [1.82, 2.24) is 0 Å². The highest BCUT2D eigenvalue weighted by atomic mass is 35.5. The third-order valence-corrected chi connectivity index (χ3v) is 11.1. The highest BCUT2D eigenvalue weighted by Crippen LogP contribution is 2.48. The summed E-state index contributed by atoms with van der Waals surface area (Å²) in [4.78, 5) is 14.3. The lowest BCUT2D eigenvalue weighted by molar-refractivity contribution is -0.438. The first-order valence-corrected chi connectivity index (χ1v) is 18.6. The van der Waals surface area contributed by atoms with Crippen molar-refractivity contribution in [2.45, 2.75) is 123 Å². The molecule has 3 nitrogen and oxygen atoms in total. The molecule has 2 aromatic rings. The molecule has 0 saturated heterocycles. The summed E-state index contributed by atoms with van der Waals surface area (Å²) in [5.74, 6) is 0.372. The third-order valence-electron chi connectivity index (χ3n) is 10.7. The number of para-hydroxylation sites is 2. The van der Waals surface area contributed by atoms with E-state index < -0.39 is 0 Å². The maximum absolute atomic E-state index is 11.8. The maximum atomic E-state index is 11.8. The number of rotatable bonds is 14. The van der Waals surface area contributed by atoms with E-state index in [1.54, 1.807) is 0 Å². The molecule has 0 aromatic heterocycles. The minimum absolute atomic E-state index is 0.0534. The third kappa shape index (κ3) is 7.46. The summed E-state index contributed by atoms with van der Waals surface area (Å²) < 4.78 is 2.55. The van der Waals surface area contributed by atoms with E-state index in [0.717, 1.165) is 56.6 Å². The Kier molecular flexibility index (Phi) is 11.5. The van der Waals surface area contributed by atoms with Gasteiger partial charge in [-0.15, -0.1) is 0 Å². The van der Waals surface area contributed by atoms with Crippen LogP contribution in [0.15, 0.2) is 94.7 Å². The Morgan fingerprint density at radius 3 is 2.36 bits per heavy atom. The van der Waals surface area contributed by atoms with E-state index in [1.807, 2.05) is 6.92 Å². The SMILES string of the molecule is CCCCC[N+]1=C(/C=C/C2=C(Cl)C(=C/C=C3/N(CCCCCC(=O)CC)c4ccccc4C3(C)C)/CCC2)C(C)(C)c2ccccc21. The lowest BCUT2D eigenvalue weighted by Crippen LogP contribution is -2.28. The molecular formula is C43H56ClN2O+. The van der Waals surface area contributed by atoms with E-state index in [9.17, 15) is 4.79 Å². The summed E-state index contributed by atoms with van der Waals surface area (Å²) in [7, 11) is 0. The zero-order valence-electron chi connectivity index (χ0n) is 29.8. The fraction of sp³-hybridized carbons (Fsp3) is 0.488. The van der Waals surface area contributed by atoms with Crippen LogP contribution in [0.3, 0.4) is 0 Å². The van der Waals surface area contributed by atoms with Crippen LogP contribution in [0, 0.1) is 0 Å². The van der Waals surface area contributed by atoms with Gasteiger partial charge in [-0.05, 0) is 81.2 Å². The Labute approximate surface area is 289 Å². The number of Topliss-reactive ketones (excluding diaryl/α,β-unsaturated/α-hetero) is 1. The van der Waals surface area contributed by atoms with Crippen LogP contribution in [0.25, 0.3) is 0 Å². The van der Waals surface area contributed by atoms with Gasteiger partial charge in [0.25, 0.3) is 0 Å². The summed E-state index contributed by atoms with van der Waals surface area (Å²) in [6, 6.07) is 17.8. The number of carbonyl (C=O) groups is 1. The van der Waals surface area contributed by atoms with Crippen LogP contribution in [0.1, 0.15) is 123 Å². The van der Waals surface area contributed by atoms with E-state index in [-0.39, 0.29) is 10.8 Å². The van der Waals surface area contributed by atoms with E-state index in [1.165, 1.54) is 64.3 Å². The van der Waals surface area contributed by atoms with Crippen molar-refractivity contribution >= 4 is 34.5 Å². The van der Waals surface area contributed by atoms with Crippen LogP contribution in [0.5, 0.6) is 0 Å². The van der Waals surface area contributed by atoms with Crippen molar-refractivity contribution in [2.24, 2.45) is 0 Å². The van der Waals surface area contributed by atoms with Gasteiger partial charge in [-0.2, -0.15) is 4.58 Å². The van der Waals surface area contributed by atoms with Crippen LogP contribution in [0.2, 0.25) is 0 Å². The normalized spacial score (nSPS) is 20.2. The second kappa shape index (κ2) is 15.4. The molecule has 2 aromatic carbocycles. The maximum Gasteiger partial charge on any atom is 0.209 e. The van der Waals surface area contributed by atoms with Gasteiger partial charge in [0, 0.05) is 65.3 Å². The number of nitrogens with zero attached hydrogens (tertiary/aromatic N) is 2. The smallest absolute Gasteiger partial charge is 0.209 e. The molecule has 0 bridgehead atoms. The molecule has 0 N–H and O–H groups in total. The van der Waals surface area contributed by atoms with Crippen molar-refractivity contribution in [1.29, 1.82) is 0 Å². The Morgan fingerprint density at radius 2 is 1.60 bits per heavy atom. The first-order chi connectivity index (χ1) is 22.6. The number of carbonyl (C=O) groups excluding carboxylic acids is 1. The zero-order chi connectivity index (χ0) is 33.6. The largest absolute Gasteiger partial charge is 0.344 e. The van der Waals surface area contributed by atoms with Crippen molar-refractivity contribution in [3.8, 4) is 0 Å². The van der Waals surface area contributed by atoms with Crippen LogP contribution < -0.4 is 4.90 Å². The number of halogens is 1. The average molecular weight is 652 g/mol. The summed E-state index contributed by atoms with van der Waals surface area (Å²) in [5.41, 5.74) is 10.5. The Morgan fingerprint density at radius 1 is 0.851 bits per heavy atom. The number of ketones is 1. The Bertz CT molecular complexity index is 1620. The van der Waals surface area contributed by atoms with Crippen molar-refractivity contribution in [3.05, 3.63) is 106 Å². The molecule has 1 aliphatic carbocycles. The lowest BCUT2D eigenvalue weighted by Gasteiger charge is -2.27. The van der Waals surface area contributed by atoms with Gasteiger partial charge >= 0.3 is 0 Å². The van der Waals surface area contributed by atoms with Crippen LogP contribution in [0.4, 0.5) is 11.4 Å². The van der Waals surface area contributed by atoms with E-state index >= 15 is 0 Å². The van der Waals surface area contributed by atoms with Gasteiger partial charge in [0.2, 0.25) is 5.69 Å². The van der Waals surface area contributed by atoms with Crippen LogP contribution in [-0.4, -0.2) is 29.2 Å². The quantitative estimate of drug-likeness (QED) is 0.150. The predicted molar refractivity (Wildman–Crippen MR) is 201 cm³/mol. The van der Waals surface area contributed by atoms with Crippen molar-refractivity contribution < 1.29 is 9.37 Å².